The maximum atomic E-state index is 13.8. The Hall–Kier alpha value is -1.39. The molecule has 2 aromatic carbocycles. The average Bonchev–Trinajstić information content (AvgIpc) is 2.46. The third kappa shape index (κ3) is 3.58. The minimum absolute atomic E-state index is 0.181. The van der Waals surface area contributed by atoms with E-state index < -0.39 is 0 Å². The first-order valence-corrected chi connectivity index (χ1v) is 7.24. The summed E-state index contributed by atoms with van der Waals surface area (Å²) in [5.41, 5.74) is 1.60. The van der Waals surface area contributed by atoms with Gasteiger partial charge in [-0.2, -0.15) is 0 Å². The van der Waals surface area contributed by atoms with Crippen molar-refractivity contribution in [3.63, 3.8) is 0 Å². The SMILES string of the molecule is CNC(C)c1ccccc1OCc1ccc(Br)cc1F. The van der Waals surface area contributed by atoms with Crippen LogP contribution in [0.5, 0.6) is 5.75 Å². The van der Waals surface area contributed by atoms with Gasteiger partial charge in [-0.25, -0.2) is 4.39 Å². The molecule has 0 heterocycles. The Morgan fingerprint density at radius 2 is 2.00 bits per heavy atom. The van der Waals surface area contributed by atoms with Gasteiger partial charge in [0, 0.05) is 21.6 Å². The lowest BCUT2D eigenvalue weighted by Crippen LogP contribution is -2.13. The Morgan fingerprint density at radius 1 is 1.25 bits per heavy atom. The van der Waals surface area contributed by atoms with Crippen molar-refractivity contribution in [3.8, 4) is 5.75 Å². The highest BCUT2D eigenvalue weighted by molar-refractivity contribution is 9.10. The zero-order valence-electron chi connectivity index (χ0n) is 11.5. The van der Waals surface area contributed by atoms with Crippen molar-refractivity contribution < 1.29 is 9.13 Å². The average molecular weight is 338 g/mol. The molecule has 1 atom stereocenters. The minimum Gasteiger partial charge on any atom is -0.488 e. The lowest BCUT2D eigenvalue weighted by atomic mass is 10.1. The van der Waals surface area contributed by atoms with E-state index in [1.54, 1.807) is 6.07 Å². The number of benzene rings is 2. The Bertz CT molecular complexity index is 588. The van der Waals surface area contributed by atoms with Crippen LogP contribution in [0.15, 0.2) is 46.9 Å². The lowest BCUT2D eigenvalue weighted by molar-refractivity contribution is 0.294. The molecule has 106 valence electrons. The summed E-state index contributed by atoms with van der Waals surface area (Å²) in [6.07, 6.45) is 0. The van der Waals surface area contributed by atoms with Crippen molar-refractivity contribution in [2.75, 3.05) is 7.05 Å². The summed E-state index contributed by atoms with van der Waals surface area (Å²) in [6, 6.07) is 13.0. The van der Waals surface area contributed by atoms with Gasteiger partial charge in [0.25, 0.3) is 0 Å². The van der Waals surface area contributed by atoms with Crippen LogP contribution in [-0.4, -0.2) is 7.05 Å². The minimum atomic E-state index is -0.265. The summed E-state index contributed by atoms with van der Waals surface area (Å²) in [5, 5.41) is 3.18. The fourth-order valence-corrected chi connectivity index (χ4v) is 2.25. The summed E-state index contributed by atoms with van der Waals surface area (Å²) in [7, 11) is 1.90. The van der Waals surface area contributed by atoms with Gasteiger partial charge >= 0.3 is 0 Å². The molecule has 0 bridgehead atoms. The van der Waals surface area contributed by atoms with Gasteiger partial charge < -0.3 is 10.1 Å². The second kappa shape index (κ2) is 6.86. The molecule has 0 saturated carbocycles. The van der Waals surface area contributed by atoms with Crippen molar-refractivity contribution in [2.24, 2.45) is 0 Å². The zero-order valence-corrected chi connectivity index (χ0v) is 13.1. The Kier molecular flexibility index (Phi) is 5.15. The summed E-state index contributed by atoms with van der Waals surface area (Å²) < 4.78 is 20.3. The van der Waals surface area contributed by atoms with Gasteiger partial charge in [-0.3, -0.25) is 0 Å². The van der Waals surface area contributed by atoms with Crippen LogP contribution in [0.3, 0.4) is 0 Å². The van der Waals surface area contributed by atoms with Gasteiger partial charge in [-0.05, 0) is 32.2 Å². The summed E-state index contributed by atoms with van der Waals surface area (Å²) in [6.45, 7) is 2.27. The van der Waals surface area contributed by atoms with E-state index in [1.165, 1.54) is 6.07 Å². The van der Waals surface area contributed by atoms with Gasteiger partial charge in [0.15, 0.2) is 0 Å². The molecule has 2 nitrogen and oxygen atoms in total. The number of para-hydroxylation sites is 1. The molecule has 0 amide bonds. The van der Waals surface area contributed by atoms with E-state index in [2.05, 4.69) is 28.2 Å². The number of ether oxygens (including phenoxy) is 1. The molecule has 0 fully saturated rings. The maximum absolute atomic E-state index is 13.8. The molecule has 1 unspecified atom stereocenters. The predicted octanol–water partition coefficient (Wildman–Crippen LogP) is 4.45. The predicted molar refractivity (Wildman–Crippen MR) is 82.3 cm³/mol. The zero-order chi connectivity index (χ0) is 14.5. The second-order valence-electron chi connectivity index (χ2n) is 4.57. The van der Waals surface area contributed by atoms with E-state index in [1.807, 2.05) is 37.4 Å². The van der Waals surface area contributed by atoms with E-state index in [-0.39, 0.29) is 18.5 Å². The van der Waals surface area contributed by atoms with E-state index in [4.69, 9.17) is 4.74 Å². The fourth-order valence-electron chi connectivity index (χ4n) is 1.92. The van der Waals surface area contributed by atoms with Crippen molar-refractivity contribution in [1.29, 1.82) is 0 Å². The lowest BCUT2D eigenvalue weighted by Gasteiger charge is -2.16. The van der Waals surface area contributed by atoms with Crippen molar-refractivity contribution >= 4 is 15.9 Å². The van der Waals surface area contributed by atoms with Crippen LogP contribution in [0.1, 0.15) is 24.1 Å². The summed E-state index contributed by atoms with van der Waals surface area (Å²) in [4.78, 5) is 0. The number of hydrogen-bond donors (Lipinski definition) is 1. The number of hydrogen-bond acceptors (Lipinski definition) is 2. The van der Waals surface area contributed by atoms with Crippen molar-refractivity contribution in [3.05, 3.63) is 63.9 Å². The molecule has 0 saturated heterocycles. The van der Waals surface area contributed by atoms with Crippen LogP contribution in [0.25, 0.3) is 0 Å². The molecule has 0 radical (unpaired) electrons. The molecule has 1 N–H and O–H groups in total. The molecule has 0 aliphatic rings. The molecule has 0 aliphatic heterocycles. The number of halogens is 2. The van der Waals surface area contributed by atoms with E-state index in [0.29, 0.717) is 5.56 Å². The first-order chi connectivity index (χ1) is 9.61. The van der Waals surface area contributed by atoms with Gasteiger partial charge in [-0.1, -0.05) is 40.2 Å². The van der Waals surface area contributed by atoms with Crippen LogP contribution in [0, 0.1) is 5.82 Å². The molecule has 20 heavy (non-hydrogen) atoms. The van der Waals surface area contributed by atoms with Crippen molar-refractivity contribution in [2.45, 2.75) is 19.6 Å². The van der Waals surface area contributed by atoms with Crippen LogP contribution >= 0.6 is 15.9 Å². The Balaban J connectivity index is 2.15. The van der Waals surface area contributed by atoms with Crippen LogP contribution < -0.4 is 10.1 Å². The molecule has 0 aliphatic carbocycles. The Morgan fingerprint density at radius 3 is 2.70 bits per heavy atom. The first-order valence-electron chi connectivity index (χ1n) is 6.44. The quantitative estimate of drug-likeness (QED) is 0.870. The van der Waals surface area contributed by atoms with Crippen molar-refractivity contribution in [1.82, 2.24) is 5.32 Å². The number of nitrogens with one attached hydrogen (secondary N) is 1. The van der Waals surface area contributed by atoms with Gasteiger partial charge in [0.1, 0.15) is 18.2 Å². The highest BCUT2D eigenvalue weighted by atomic mass is 79.9. The third-order valence-electron chi connectivity index (χ3n) is 3.22. The highest BCUT2D eigenvalue weighted by Gasteiger charge is 2.10. The summed E-state index contributed by atoms with van der Waals surface area (Å²) in [5.74, 6) is 0.509. The molecule has 2 rings (SSSR count). The third-order valence-corrected chi connectivity index (χ3v) is 3.71. The van der Waals surface area contributed by atoms with Crippen LogP contribution in [0.2, 0.25) is 0 Å². The normalized spacial score (nSPS) is 12.2. The van der Waals surface area contributed by atoms with Gasteiger partial charge in [0.05, 0.1) is 0 Å². The molecule has 2 aromatic rings. The second-order valence-corrected chi connectivity index (χ2v) is 5.49. The Labute approximate surface area is 127 Å². The smallest absolute Gasteiger partial charge is 0.130 e. The first kappa shape index (κ1) is 15.0. The molecular formula is C16H17BrFNO. The topological polar surface area (TPSA) is 21.3 Å². The van der Waals surface area contributed by atoms with Crippen LogP contribution in [-0.2, 0) is 6.61 Å². The standard InChI is InChI=1S/C16H17BrFNO/c1-11(19-2)14-5-3-4-6-16(14)20-10-12-7-8-13(17)9-15(12)18/h3-9,11,19H,10H2,1-2H3. The largest absolute Gasteiger partial charge is 0.488 e. The fraction of sp³-hybridized carbons (Fsp3) is 0.250. The number of rotatable bonds is 5. The van der Waals surface area contributed by atoms with E-state index in [0.717, 1.165) is 15.8 Å². The van der Waals surface area contributed by atoms with Gasteiger partial charge in [0.2, 0.25) is 0 Å². The molecular weight excluding hydrogens is 321 g/mol. The maximum Gasteiger partial charge on any atom is 0.130 e. The summed E-state index contributed by atoms with van der Waals surface area (Å²) >= 11 is 3.24. The van der Waals surface area contributed by atoms with E-state index >= 15 is 0 Å². The van der Waals surface area contributed by atoms with E-state index in [9.17, 15) is 4.39 Å². The molecule has 0 spiro atoms. The molecule has 0 aromatic heterocycles. The highest BCUT2D eigenvalue weighted by Crippen LogP contribution is 2.26. The molecule has 4 heteroatoms. The monoisotopic (exact) mass is 337 g/mol. The van der Waals surface area contributed by atoms with Crippen LogP contribution in [0.4, 0.5) is 4.39 Å². The van der Waals surface area contributed by atoms with Gasteiger partial charge in [-0.15, -0.1) is 0 Å².